The molecule has 0 aliphatic rings. The second-order valence-corrected chi connectivity index (χ2v) is 5.56. The van der Waals surface area contributed by atoms with Crippen LogP contribution in [0.2, 0.25) is 0 Å². The lowest BCUT2D eigenvalue weighted by Crippen LogP contribution is -2.01. The number of aromatic nitrogens is 2. The van der Waals surface area contributed by atoms with Gasteiger partial charge < -0.3 is 9.63 Å². The fraction of sp³-hybridized carbons (Fsp3) is 0.429. The zero-order chi connectivity index (χ0) is 13.7. The van der Waals surface area contributed by atoms with Gasteiger partial charge in [-0.25, -0.2) is 0 Å². The highest BCUT2D eigenvalue weighted by Crippen LogP contribution is 2.24. The first-order chi connectivity index (χ1) is 9.15. The number of aliphatic hydroxyl groups excluding tert-OH is 1. The molecule has 1 aromatic carbocycles. The van der Waals surface area contributed by atoms with Gasteiger partial charge in [0.15, 0.2) is 5.82 Å². The topological polar surface area (TPSA) is 59.2 Å². The summed E-state index contributed by atoms with van der Waals surface area (Å²) in [6, 6.07) is 8.24. The Morgan fingerprint density at radius 3 is 2.89 bits per heavy atom. The molecule has 0 aliphatic heterocycles. The van der Waals surface area contributed by atoms with Crippen LogP contribution < -0.4 is 0 Å². The van der Waals surface area contributed by atoms with Crippen LogP contribution in [0.15, 0.2) is 33.7 Å². The van der Waals surface area contributed by atoms with Gasteiger partial charge >= 0.3 is 0 Å². The van der Waals surface area contributed by atoms with Crippen LogP contribution in [-0.4, -0.2) is 21.4 Å². The maximum Gasteiger partial charge on any atom is 0.226 e. The largest absolute Gasteiger partial charge is 0.393 e. The van der Waals surface area contributed by atoms with E-state index in [0.717, 1.165) is 0 Å². The van der Waals surface area contributed by atoms with Crippen LogP contribution in [-0.2, 0) is 12.2 Å². The van der Waals surface area contributed by atoms with Crippen molar-refractivity contribution >= 4 is 11.8 Å². The number of aliphatic hydroxyl groups is 1. The van der Waals surface area contributed by atoms with Crippen molar-refractivity contribution in [3.63, 3.8) is 0 Å². The van der Waals surface area contributed by atoms with Gasteiger partial charge in [-0.2, -0.15) is 4.98 Å². The van der Waals surface area contributed by atoms with Gasteiger partial charge in [-0.1, -0.05) is 23.4 Å². The van der Waals surface area contributed by atoms with E-state index < -0.39 is 0 Å². The molecule has 0 bridgehead atoms. The normalized spacial score (nSPS) is 12.6. The van der Waals surface area contributed by atoms with Gasteiger partial charge in [-0.05, 0) is 31.9 Å². The lowest BCUT2D eigenvalue weighted by Gasteiger charge is -2.02. The van der Waals surface area contributed by atoms with E-state index in [-0.39, 0.29) is 6.10 Å². The highest BCUT2D eigenvalue weighted by Gasteiger charge is 2.08. The van der Waals surface area contributed by atoms with Crippen molar-refractivity contribution in [3.05, 3.63) is 41.5 Å². The first kappa shape index (κ1) is 14.1. The average Bonchev–Trinajstić information content (AvgIpc) is 2.83. The van der Waals surface area contributed by atoms with Gasteiger partial charge in [0.25, 0.3) is 0 Å². The fourth-order valence-corrected chi connectivity index (χ4v) is 2.52. The van der Waals surface area contributed by atoms with Crippen LogP contribution in [0.1, 0.15) is 30.6 Å². The average molecular weight is 278 g/mol. The molecular weight excluding hydrogens is 260 g/mol. The molecular formula is C14H18N2O2S. The minimum atomic E-state index is -0.336. The molecule has 1 heterocycles. The number of thioether (sulfide) groups is 1. The van der Waals surface area contributed by atoms with E-state index >= 15 is 0 Å². The van der Waals surface area contributed by atoms with Crippen molar-refractivity contribution in [1.82, 2.24) is 10.1 Å². The van der Waals surface area contributed by atoms with E-state index in [4.69, 9.17) is 4.52 Å². The van der Waals surface area contributed by atoms with Gasteiger partial charge in [0.1, 0.15) is 0 Å². The molecule has 0 radical (unpaired) electrons. The monoisotopic (exact) mass is 278 g/mol. The Morgan fingerprint density at radius 2 is 2.16 bits per heavy atom. The second kappa shape index (κ2) is 6.73. The van der Waals surface area contributed by atoms with Crippen molar-refractivity contribution in [1.29, 1.82) is 0 Å². The summed E-state index contributed by atoms with van der Waals surface area (Å²) in [5.41, 5.74) is 1.25. The number of hydrogen-bond donors (Lipinski definition) is 1. The lowest BCUT2D eigenvalue weighted by molar-refractivity contribution is 0.180. The molecule has 0 fully saturated rings. The molecule has 102 valence electrons. The van der Waals surface area contributed by atoms with Gasteiger partial charge in [-0.15, -0.1) is 11.8 Å². The number of hydrogen-bond acceptors (Lipinski definition) is 5. The first-order valence-corrected chi connectivity index (χ1v) is 7.31. The van der Waals surface area contributed by atoms with E-state index in [9.17, 15) is 5.11 Å². The molecule has 1 unspecified atom stereocenters. The smallest absolute Gasteiger partial charge is 0.226 e. The first-order valence-electron chi connectivity index (χ1n) is 6.33. The molecule has 19 heavy (non-hydrogen) atoms. The predicted molar refractivity (Wildman–Crippen MR) is 75.0 cm³/mol. The van der Waals surface area contributed by atoms with E-state index in [1.807, 2.05) is 12.1 Å². The predicted octanol–water partition coefficient (Wildman–Crippen LogP) is 2.98. The minimum absolute atomic E-state index is 0.336. The summed E-state index contributed by atoms with van der Waals surface area (Å²) in [6.07, 6.45) is 0.934. The van der Waals surface area contributed by atoms with E-state index in [0.29, 0.717) is 30.3 Å². The third-order valence-electron chi connectivity index (χ3n) is 2.74. The maximum atomic E-state index is 9.21. The third-order valence-corrected chi connectivity index (χ3v) is 3.91. The Bertz CT molecular complexity index is 526. The molecule has 4 nitrogen and oxygen atoms in total. The lowest BCUT2D eigenvalue weighted by atomic mass is 10.2. The van der Waals surface area contributed by atoms with Crippen LogP contribution in [0.4, 0.5) is 0 Å². The van der Waals surface area contributed by atoms with E-state index in [1.54, 1.807) is 18.7 Å². The summed E-state index contributed by atoms with van der Waals surface area (Å²) >= 11 is 1.70. The SMILES string of the molecule is Cc1ccccc1SCc1noc(CCC(C)O)n1. The second-order valence-electron chi connectivity index (χ2n) is 4.55. The number of nitrogens with zero attached hydrogens (tertiary/aromatic N) is 2. The quantitative estimate of drug-likeness (QED) is 0.823. The Labute approximate surface area is 117 Å². The standard InChI is InChI=1S/C14H18N2O2S/c1-10-5-3-4-6-12(10)19-9-13-15-14(18-16-13)8-7-11(2)17/h3-6,11,17H,7-9H2,1-2H3. The summed E-state index contributed by atoms with van der Waals surface area (Å²) in [6.45, 7) is 3.85. The molecule has 0 saturated carbocycles. The van der Waals surface area contributed by atoms with Gasteiger partial charge in [0.2, 0.25) is 5.89 Å². The Morgan fingerprint density at radius 1 is 1.37 bits per heavy atom. The van der Waals surface area contributed by atoms with Crippen LogP contribution in [0, 0.1) is 6.92 Å². The van der Waals surface area contributed by atoms with Crippen LogP contribution in [0.5, 0.6) is 0 Å². The molecule has 1 aromatic heterocycles. The summed E-state index contributed by atoms with van der Waals surface area (Å²) in [5.74, 6) is 2.00. The molecule has 0 aliphatic carbocycles. The number of benzene rings is 1. The van der Waals surface area contributed by atoms with Crippen LogP contribution in [0.25, 0.3) is 0 Å². The molecule has 2 aromatic rings. The van der Waals surface area contributed by atoms with Crippen molar-refractivity contribution in [2.45, 2.75) is 43.4 Å². The Balaban J connectivity index is 1.88. The molecule has 1 atom stereocenters. The maximum absolute atomic E-state index is 9.21. The Hall–Kier alpha value is -1.33. The highest BCUT2D eigenvalue weighted by atomic mass is 32.2. The summed E-state index contributed by atoms with van der Waals surface area (Å²) < 4.78 is 5.15. The van der Waals surface area contributed by atoms with Crippen LogP contribution in [0.3, 0.4) is 0 Å². The summed E-state index contributed by atoms with van der Waals surface area (Å²) in [4.78, 5) is 5.55. The Kier molecular flexibility index (Phi) is 4.99. The van der Waals surface area contributed by atoms with Crippen LogP contribution >= 0.6 is 11.8 Å². The van der Waals surface area contributed by atoms with Gasteiger partial charge in [0.05, 0.1) is 11.9 Å². The molecule has 2 rings (SSSR count). The zero-order valence-corrected chi connectivity index (χ0v) is 12.0. The van der Waals surface area contributed by atoms with E-state index in [2.05, 4.69) is 29.2 Å². The number of aryl methyl sites for hydroxylation is 2. The fourth-order valence-electron chi connectivity index (χ4n) is 1.64. The molecule has 0 amide bonds. The molecule has 1 N–H and O–H groups in total. The van der Waals surface area contributed by atoms with Crippen molar-refractivity contribution in [2.24, 2.45) is 0 Å². The van der Waals surface area contributed by atoms with E-state index in [1.165, 1.54) is 10.5 Å². The van der Waals surface area contributed by atoms with Gasteiger partial charge in [0, 0.05) is 11.3 Å². The van der Waals surface area contributed by atoms with Crippen molar-refractivity contribution in [3.8, 4) is 0 Å². The zero-order valence-electron chi connectivity index (χ0n) is 11.2. The van der Waals surface area contributed by atoms with Crippen molar-refractivity contribution in [2.75, 3.05) is 0 Å². The molecule has 0 saturated heterocycles. The third kappa shape index (κ3) is 4.36. The van der Waals surface area contributed by atoms with Gasteiger partial charge in [-0.3, -0.25) is 0 Å². The minimum Gasteiger partial charge on any atom is -0.393 e. The molecule has 0 spiro atoms. The van der Waals surface area contributed by atoms with Crippen molar-refractivity contribution < 1.29 is 9.63 Å². The molecule has 5 heteroatoms. The summed E-state index contributed by atoms with van der Waals surface area (Å²) in [5, 5.41) is 13.2. The summed E-state index contributed by atoms with van der Waals surface area (Å²) in [7, 11) is 0. The number of rotatable bonds is 6. The highest BCUT2D eigenvalue weighted by molar-refractivity contribution is 7.98.